The molecule has 7 rings (SSSR count). The molecule has 268 valence electrons. The van der Waals surface area contributed by atoms with E-state index in [0.717, 1.165) is 35.9 Å². The van der Waals surface area contributed by atoms with Gasteiger partial charge in [0.15, 0.2) is 0 Å². The second kappa shape index (κ2) is 13.6. The Bertz CT molecular complexity index is 1880. The molecule has 2 amide bonds. The van der Waals surface area contributed by atoms with Gasteiger partial charge in [-0.2, -0.15) is 26.3 Å². The van der Waals surface area contributed by atoms with Crippen molar-refractivity contribution in [3.63, 3.8) is 0 Å². The van der Waals surface area contributed by atoms with Crippen molar-refractivity contribution in [2.24, 2.45) is 0 Å². The van der Waals surface area contributed by atoms with Gasteiger partial charge in [-0.25, -0.2) is 4.68 Å². The highest BCUT2D eigenvalue weighted by atomic mass is 19.4. The van der Waals surface area contributed by atoms with Crippen LogP contribution in [-0.2, 0) is 35.0 Å². The van der Waals surface area contributed by atoms with E-state index < -0.39 is 47.6 Å². The van der Waals surface area contributed by atoms with Crippen molar-refractivity contribution in [1.82, 2.24) is 29.7 Å². The van der Waals surface area contributed by atoms with Crippen molar-refractivity contribution in [3.8, 4) is 11.4 Å². The first-order valence-electron chi connectivity index (χ1n) is 16.3. The van der Waals surface area contributed by atoms with Gasteiger partial charge in [0, 0.05) is 39.1 Å². The fourth-order valence-electron chi connectivity index (χ4n) is 6.74. The molecule has 3 aromatic carbocycles. The maximum atomic E-state index is 14.2. The number of hydrogen-bond acceptors (Lipinski definition) is 7. The summed E-state index contributed by atoms with van der Waals surface area (Å²) in [5.41, 5.74) is -0.353. The lowest BCUT2D eigenvalue weighted by molar-refractivity contribution is -0.142. The van der Waals surface area contributed by atoms with E-state index in [9.17, 15) is 35.9 Å². The normalized spacial score (nSPS) is 21.6. The molecule has 4 aromatic rings. The number of nitrogens with zero attached hydrogens (tertiary/aromatic N) is 6. The molecule has 0 saturated carbocycles. The number of amides is 2. The lowest BCUT2D eigenvalue weighted by Crippen LogP contribution is -2.61. The van der Waals surface area contributed by atoms with E-state index in [4.69, 9.17) is 9.47 Å². The molecule has 0 bridgehead atoms. The SMILES string of the molecule is O=C1[C@@H]2C[C@@H](OCc3cn(-c4ccc(C(F)(F)F)cc4)nn3)CN2C(=O)c2cc(C(F)(F)F)ccc2OC[C@@H]2CN(Cc3ccccc3)CCN12. The number of hydrogen-bond donors (Lipinski definition) is 0. The Morgan fingerprint density at radius 2 is 1.57 bits per heavy atom. The molecule has 4 heterocycles. The Balaban J connectivity index is 1.11. The van der Waals surface area contributed by atoms with Crippen LogP contribution >= 0.6 is 0 Å². The zero-order chi connectivity index (χ0) is 35.9. The van der Waals surface area contributed by atoms with Crippen LogP contribution in [0.15, 0.2) is 79.0 Å². The third kappa shape index (κ3) is 7.42. The van der Waals surface area contributed by atoms with Crippen molar-refractivity contribution < 1.29 is 45.4 Å². The van der Waals surface area contributed by atoms with E-state index in [1.54, 1.807) is 4.90 Å². The lowest BCUT2D eigenvalue weighted by atomic mass is 10.0. The summed E-state index contributed by atoms with van der Waals surface area (Å²) in [7, 11) is 0. The van der Waals surface area contributed by atoms with Crippen LogP contribution in [0.25, 0.3) is 5.69 Å². The fraction of sp³-hybridized carbons (Fsp3) is 0.371. The van der Waals surface area contributed by atoms with Crippen LogP contribution in [0, 0.1) is 0 Å². The fourth-order valence-corrected chi connectivity index (χ4v) is 6.74. The summed E-state index contributed by atoms with van der Waals surface area (Å²) in [5, 5.41) is 8.00. The second-order valence-electron chi connectivity index (χ2n) is 12.8. The van der Waals surface area contributed by atoms with Gasteiger partial charge in [-0.3, -0.25) is 14.5 Å². The van der Waals surface area contributed by atoms with E-state index in [1.165, 1.54) is 27.9 Å². The number of ether oxygens (including phenoxy) is 2. The van der Waals surface area contributed by atoms with E-state index in [-0.39, 0.29) is 43.4 Å². The molecule has 2 saturated heterocycles. The molecular weight excluding hydrogens is 682 g/mol. The summed E-state index contributed by atoms with van der Waals surface area (Å²) in [5.74, 6) is -1.13. The van der Waals surface area contributed by atoms with Gasteiger partial charge in [0.1, 0.15) is 24.1 Å². The predicted octanol–water partition coefficient (Wildman–Crippen LogP) is 5.21. The number of aromatic nitrogens is 3. The Labute approximate surface area is 288 Å². The molecule has 16 heteroatoms. The van der Waals surface area contributed by atoms with E-state index in [0.29, 0.717) is 37.6 Å². The monoisotopic (exact) mass is 714 g/mol. The molecule has 0 radical (unpaired) electrons. The molecule has 0 aliphatic carbocycles. The van der Waals surface area contributed by atoms with Crippen molar-refractivity contribution in [3.05, 3.63) is 107 Å². The van der Waals surface area contributed by atoms with E-state index in [1.807, 2.05) is 30.3 Å². The maximum Gasteiger partial charge on any atom is 0.416 e. The number of fused-ring (bicyclic) bond motifs is 3. The summed E-state index contributed by atoms with van der Waals surface area (Å²) in [6, 6.07) is 15.5. The van der Waals surface area contributed by atoms with Crippen LogP contribution < -0.4 is 4.74 Å². The summed E-state index contributed by atoms with van der Waals surface area (Å²) in [4.78, 5) is 33.3. The summed E-state index contributed by atoms with van der Waals surface area (Å²) < 4.78 is 93.6. The van der Waals surface area contributed by atoms with Crippen molar-refractivity contribution in [2.45, 2.75) is 50.1 Å². The first-order valence-corrected chi connectivity index (χ1v) is 16.3. The van der Waals surface area contributed by atoms with E-state index in [2.05, 4.69) is 15.2 Å². The number of carbonyl (C=O) groups excluding carboxylic acids is 2. The molecule has 10 nitrogen and oxygen atoms in total. The molecule has 0 N–H and O–H groups in total. The van der Waals surface area contributed by atoms with Crippen LogP contribution in [-0.4, -0.2) is 92.5 Å². The highest BCUT2D eigenvalue weighted by Crippen LogP contribution is 2.36. The highest BCUT2D eigenvalue weighted by Gasteiger charge is 2.46. The quantitative estimate of drug-likeness (QED) is 0.254. The van der Waals surface area contributed by atoms with Crippen LogP contribution in [0.1, 0.15) is 39.2 Å². The smallest absolute Gasteiger partial charge is 0.416 e. The van der Waals surface area contributed by atoms with Gasteiger partial charge in [-0.1, -0.05) is 35.5 Å². The number of halogens is 6. The summed E-state index contributed by atoms with van der Waals surface area (Å²) in [6.45, 7) is 1.80. The van der Waals surface area contributed by atoms with E-state index >= 15 is 0 Å². The molecule has 3 aliphatic rings. The lowest BCUT2D eigenvalue weighted by Gasteiger charge is -2.43. The van der Waals surface area contributed by atoms with Crippen LogP contribution in [0.3, 0.4) is 0 Å². The molecule has 3 atom stereocenters. The summed E-state index contributed by atoms with van der Waals surface area (Å²) >= 11 is 0. The molecule has 2 fully saturated rings. The molecule has 1 aromatic heterocycles. The molecule has 0 spiro atoms. The topological polar surface area (TPSA) is 93.0 Å². The van der Waals surface area contributed by atoms with Gasteiger partial charge in [0.05, 0.1) is 47.3 Å². The molecule has 51 heavy (non-hydrogen) atoms. The first-order chi connectivity index (χ1) is 24.3. The van der Waals surface area contributed by atoms with Gasteiger partial charge >= 0.3 is 12.4 Å². The average Bonchev–Trinajstić information content (AvgIpc) is 3.77. The third-order valence-electron chi connectivity index (χ3n) is 9.34. The largest absolute Gasteiger partial charge is 0.491 e. The van der Waals surface area contributed by atoms with Crippen molar-refractivity contribution >= 4 is 11.8 Å². The molecule has 0 unspecified atom stereocenters. The van der Waals surface area contributed by atoms with Crippen LogP contribution in [0.4, 0.5) is 26.3 Å². The minimum atomic E-state index is -4.72. The van der Waals surface area contributed by atoms with Gasteiger partial charge < -0.3 is 19.3 Å². The zero-order valence-corrected chi connectivity index (χ0v) is 27.0. The third-order valence-corrected chi connectivity index (χ3v) is 9.34. The Morgan fingerprint density at radius 3 is 2.29 bits per heavy atom. The predicted molar refractivity (Wildman–Crippen MR) is 169 cm³/mol. The average molecular weight is 715 g/mol. The minimum Gasteiger partial charge on any atom is -0.491 e. The standard InChI is InChI=1S/C35H32F6N6O4/c36-34(37,38)23-6-9-26(10-7-23)47-17-25(42-43-47)20-50-28-15-30-33(49)45-13-12-44(16-22-4-2-1-3-5-22)18-27(45)21-51-31-11-8-24(35(39,40)41)14-29(31)32(48)46(30)19-28/h1-11,14,17,27-28,30H,12-13,15-16,18-21H2/t27-,28+,30-/m0/s1. The molecular formula is C35H32F6N6O4. The van der Waals surface area contributed by atoms with Crippen molar-refractivity contribution in [1.29, 1.82) is 0 Å². The van der Waals surface area contributed by atoms with Gasteiger partial charge in [-0.05, 0) is 48.0 Å². The Kier molecular flexibility index (Phi) is 9.22. The first kappa shape index (κ1) is 34.5. The number of rotatable bonds is 6. The zero-order valence-electron chi connectivity index (χ0n) is 27.0. The summed E-state index contributed by atoms with van der Waals surface area (Å²) in [6.07, 6.45) is -8.32. The Hall–Kier alpha value is -4.96. The van der Waals surface area contributed by atoms with Gasteiger partial charge in [-0.15, -0.1) is 5.10 Å². The van der Waals surface area contributed by atoms with Crippen molar-refractivity contribution in [2.75, 3.05) is 32.8 Å². The maximum absolute atomic E-state index is 14.2. The Morgan fingerprint density at radius 1 is 0.843 bits per heavy atom. The van der Waals surface area contributed by atoms with Crippen LogP contribution in [0.5, 0.6) is 5.75 Å². The number of benzene rings is 3. The minimum absolute atomic E-state index is 0.00881. The highest BCUT2D eigenvalue weighted by molar-refractivity contribution is 6.00. The number of alkyl halides is 6. The molecule has 3 aliphatic heterocycles. The van der Waals surface area contributed by atoms with Gasteiger partial charge in [0.2, 0.25) is 5.91 Å². The number of carbonyl (C=O) groups is 2. The second-order valence-corrected chi connectivity index (χ2v) is 12.8. The van der Waals surface area contributed by atoms with Crippen LogP contribution in [0.2, 0.25) is 0 Å². The number of piperazine rings is 1. The van der Waals surface area contributed by atoms with Gasteiger partial charge in [0.25, 0.3) is 5.91 Å².